The van der Waals surface area contributed by atoms with Crippen LogP contribution in [0, 0.1) is 5.92 Å². The van der Waals surface area contributed by atoms with E-state index in [9.17, 15) is 4.79 Å². The van der Waals surface area contributed by atoms with Crippen LogP contribution in [0.15, 0.2) is 0 Å². The summed E-state index contributed by atoms with van der Waals surface area (Å²) >= 11 is 0. The molecule has 1 amide bonds. The van der Waals surface area contributed by atoms with E-state index in [2.05, 4.69) is 22.5 Å². The number of halogens is 2. The van der Waals surface area contributed by atoms with Crippen molar-refractivity contribution in [3.05, 3.63) is 0 Å². The molecule has 2 fully saturated rings. The smallest absolute Gasteiger partial charge is 0.220 e. The van der Waals surface area contributed by atoms with E-state index >= 15 is 0 Å². The Morgan fingerprint density at radius 3 is 2.61 bits per heavy atom. The Bertz CT molecular complexity index is 312. The van der Waals surface area contributed by atoms with E-state index in [1.165, 1.54) is 45.1 Å². The summed E-state index contributed by atoms with van der Waals surface area (Å²) in [5.41, 5.74) is 0. The highest BCUT2D eigenvalue weighted by molar-refractivity contribution is 5.85. The highest BCUT2D eigenvalue weighted by atomic mass is 35.5. The average molecular weight is 368 g/mol. The normalized spacial score (nSPS) is 22.7. The Morgan fingerprint density at radius 2 is 1.91 bits per heavy atom. The highest BCUT2D eigenvalue weighted by Gasteiger charge is 2.20. The lowest BCUT2D eigenvalue weighted by Gasteiger charge is -2.35. The third-order valence-corrected chi connectivity index (χ3v) is 5.18. The lowest BCUT2D eigenvalue weighted by atomic mass is 9.93. The third-order valence-electron chi connectivity index (χ3n) is 5.18. The van der Waals surface area contributed by atoms with E-state index in [4.69, 9.17) is 0 Å². The fraction of sp³-hybridized carbons (Fsp3) is 0.941. The van der Waals surface area contributed by atoms with Crippen LogP contribution in [0.1, 0.15) is 58.3 Å². The first-order valence-corrected chi connectivity index (χ1v) is 9.01. The van der Waals surface area contributed by atoms with Gasteiger partial charge in [0, 0.05) is 25.6 Å². The maximum atomic E-state index is 11.9. The number of carbonyl (C=O) groups is 1. The van der Waals surface area contributed by atoms with Crippen molar-refractivity contribution < 1.29 is 4.79 Å². The van der Waals surface area contributed by atoms with Crippen LogP contribution in [0.4, 0.5) is 0 Å². The van der Waals surface area contributed by atoms with Gasteiger partial charge in [-0.05, 0) is 64.1 Å². The lowest BCUT2D eigenvalue weighted by Crippen LogP contribution is -2.43. The van der Waals surface area contributed by atoms with Gasteiger partial charge in [-0.15, -0.1) is 24.8 Å². The molecular formula is C17H35Cl2N3O. The van der Waals surface area contributed by atoms with Crippen LogP contribution in [0.5, 0.6) is 0 Å². The van der Waals surface area contributed by atoms with Gasteiger partial charge in [-0.25, -0.2) is 0 Å². The minimum absolute atomic E-state index is 0. The van der Waals surface area contributed by atoms with Crippen LogP contribution in [0.3, 0.4) is 0 Å². The number of piperidine rings is 2. The molecule has 0 aromatic heterocycles. The topological polar surface area (TPSA) is 44.4 Å². The Labute approximate surface area is 154 Å². The number of likely N-dealkylation sites (tertiary alicyclic amines) is 1. The molecule has 0 aromatic rings. The quantitative estimate of drug-likeness (QED) is 0.726. The molecule has 138 valence electrons. The van der Waals surface area contributed by atoms with Crippen molar-refractivity contribution in [3.8, 4) is 0 Å². The second-order valence-electron chi connectivity index (χ2n) is 6.68. The summed E-state index contributed by atoms with van der Waals surface area (Å²) in [6.45, 7) is 7.59. The molecule has 0 aromatic carbocycles. The number of nitrogens with zero attached hydrogens (tertiary/aromatic N) is 1. The van der Waals surface area contributed by atoms with Gasteiger partial charge >= 0.3 is 0 Å². The predicted molar refractivity (Wildman–Crippen MR) is 102 cm³/mol. The van der Waals surface area contributed by atoms with Gasteiger partial charge in [0.15, 0.2) is 0 Å². The largest absolute Gasteiger partial charge is 0.355 e. The zero-order valence-corrected chi connectivity index (χ0v) is 16.2. The average Bonchev–Trinajstić information content (AvgIpc) is 2.54. The van der Waals surface area contributed by atoms with Crippen LogP contribution in [0.25, 0.3) is 0 Å². The van der Waals surface area contributed by atoms with E-state index in [1.54, 1.807) is 0 Å². The van der Waals surface area contributed by atoms with Crippen LogP contribution in [-0.4, -0.2) is 49.6 Å². The number of rotatable bonds is 7. The van der Waals surface area contributed by atoms with Crippen LogP contribution < -0.4 is 10.6 Å². The molecule has 2 saturated heterocycles. The molecular weight excluding hydrogens is 333 g/mol. The molecule has 2 rings (SSSR count). The zero-order chi connectivity index (χ0) is 14.9. The lowest BCUT2D eigenvalue weighted by molar-refractivity contribution is -0.121. The number of nitrogens with one attached hydrogen (secondary N) is 2. The summed E-state index contributed by atoms with van der Waals surface area (Å²) in [4.78, 5) is 14.5. The van der Waals surface area contributed by atoms with Crippen LogP contribution in [0.2, 0.25) is 0 Å². The van der Waals surface area contributed by atoms with Gasteiger partial charge in [0.05, 0.1) is 0 Å². The van der Waals surface area contributed by atoms with Gasteiger partial charge in [0.25, 0.3) is 0 Å². The van der Waals surface area contributed by atoms with E-state index in [-0.39, 0.29) is 30.7 Å². The molecule has 4 nitrogen and oxygen atoms in total. The molecule has 2 aliphatic heterocycles. The molecule has 0 bridgehead atoms. The van der Waals surface area contributed by atoms with Crippen molar-refractivity contribution >= 4 is 30.7 Å². The molecule has 2 aliphatic rings. The van der Waals surface area contributed by atoms with Crippen molar-refractivity contribution in [2.24, 2.45) is 5.92 Å². The second-order valence-corrected chi connectivity index (χ2v) is 6.68. The van der Waals surface area contributed by atoms with Gasteiger partial charge in [0.1, 0.15) is 0 Å². The molecule has 1 unspecified atom stereocenters. The summed E-state index contributed by atoms with van der Waals surface area (Å²) in [7, 11) is 0. The fourth-order valence-electron chi connectivity index (χ4n) is 3.75. The standard InChI is InChI=1S/C17H33N3O.2ClH/c1-2-16-5-3-4-13-20(16)14-12-19-17(21)7-6-15-8-10-18-11-9-15;;/h15-16,18H,2-14H2,1H3,(H,19,21);2*1H. The van der Waals surface area contributed by atoms with E-state index < -0.39 is 0 Å². The third kappa shape index (κ3) is 8.57. The monoisotopic (exact) mass is 367 g/mol. The van der Waals surface area contributed by atoms with Crippen molar-refractivity contribution in [1.82, 2.24) is 15.5 Å². The molecule has 6 heteroatoms. The number of hydrogen-bond acceptors (Lipinski definition) is 3. The van der Waals surface area contributed by atoms with Gasteiger partial charge in [-0.2, -0.15) is 0 Å². The maximum Gasteiger partial charge on any atom is 0.220 e. The van der Waals surface area contributed by atoms with Crippen molar-refractivity contribution in [1.29, 1.82) is 0 Å². The fourth-order valence-corrected chi connectivity index (χ4v) is 3.75. The van der Waals surface area contributed by atoms with Crippen LogP contribution in [-0.2, 0) is 4.79 Å². The van der Waals surface area contributed by atoms with E-state index in [1.807, 2.05) is 0 Å². The summed E-state index contributed by atoms with van der Waals surface area (Å²) in [6.07, 6.45) is 9.51. The molecule has 0 radical (unpaired) electrons. The SMILES string of the molecule is CCC1CCCCN1CCNC(=O)CCC1CCNCC1.Cl.Cl. The molecule has 0 spiro atoms. The first kappa shape index (κ1) is 23.0. The van der Waals surface area contributed by atoms with E-state index in [0.29, 0.717) is 6.42 Å². The number of hydrogen-bond donors (Lipinski definition) is 2. The van der Waals surface area contributed by atoms with Crippen molar-refractivity contribution in [2.45, 2.75) is 64.3 Å². The van der Waals surface area contributed by atoms with Gasteiger partial charge in [0.2, 0.25) is 5.91 Å². The maximum absolute atomic E-state index is 11.9. The number of carbonyl (C=O) groups excluding carboxylic acids is 1. The van der Waals surface area contributed by atoms with Crippen molar-refractivity contribution in [2.75, 3.05) is 32.7 Å². The van der Waals surface area contributed by atoms with Gasteiger partial charge in [-0.1, -0.05) is 13.3 Å². The Kier molecular flexibility index (Phi) is 13.3. The zero-order valence-electron chi connectivity index (χ0n) is 14.5. The molecule has 23 heavy (non-hydrogen) atoms. The number of amides is 1. The minimum Gasteiger partial charge on any atom is -0.355 e. The first-order valence-electron chi connectivity index (χ1n) is 9.01. The Balaban J connectivity index is 0.00000242. The summed E-state index contributed by atoms with van der Waals surface area (Å²) < 4.78 is 0. The minimum atomic E-state index is 0. The molecule has 0 saturated carbocycles. The predicted octanol–water partition coefficient (Wildman–Crippen LogP) is 2.99. The summed E-state index contributed by atoms with van der Waals surface area (Å²) in [5, 5.41) is 6.49. The Hall–Kier alpha value is -0.0300. The molecule has 2 heterocycles. The molecule has 0 aliphatic carbocycles. The summed E-state index contributed by atoms with van der Waals surface area (Å²) in [5.74, 6) is 1.00. The first-order chi connectivity index (χ1) is 10.3. The van der Waals surface area contributed by atoms with Crippen LogP contribution >= 0.6 is 24.8 Å². The molecule has 2 N–H and O–H groups in total. The summed E-state index contributed by atoms with van der Waals surface area (Å²) in [6, 6.07) is 0.741. The Morgan fingerprint density at radius 1 is 1.17 bits per heavy atom. The highest BCUT2D eigenvalue weighted by Crippen LogP contribution is 2.19. The van der Waals surface area contributed by atoms with Gasteiger partial charge < -0.3 is 10.6 Å². The van der Waals surface area contributed by atoms with E-state index in [0.717, 1.165) is 44.6 Å². The molecule has 1 atom stereocenters. The second kappa shape index (κ2) is 13.3. The van der Waals surface area contributed by atoms with Crippen molar-refractivity contribution in [3.63, 3.8) is 0 Å². The van der Waals surface area contributed by atoms with Gasteiger partial charge in [-0.3, -0.25) is 9.69 Å².